The Hall–Kier alpha value is -2.87. The van der Waals surface area contributed by atoms with Crippen LogP contribution in [0.15, 0.2) is 43.0 Å². The number of aliphatic hydroxyl groups excluding tert-OH is 1. The Balaban J connectivity index is 2.43. The van der Waals surface area contributed by atoms with Crippen molar-refractivity contribution in [2.75, 3.05) is 6.61 Å². The Kier molecular flexibility index (Phi) is 11.8. The molecule has 2 atom stereocenters. The number of ether oxygens (including phenoxy) is 1. The smallest absolute Gasteiger partial charge is 0.408 e. The van der Waals surface area contributed by atoms with Crippen LogP contribution in [0.3, 0.4) is 0 Å². The van der Waals surface area contributed by atoms with Crippen molar-refractivity contribution in [3.63, 3.8) is 0 Å². The van der Waals surface area contributed by atoms with Crippen LogP contribution in [0.2, 0.25) is 0 Å². The third-order valence-corrected chi connectivity index (χ3v) is 4.27. The van der Waals surface area contributed by atoms with Gasteiger partial charge in [-0.25, -0.2) is 9.59 Å². The largest absolute Gasteiger partial charge is 0.480 e. The highest BCUT2D eigenvalue weighted by molar-refractivity contribution is 5.89. The van der Waals surface area contributed by atoms with Gasteiger partial charge in [0.1, 0.15) is 18.7 Å². The summed E-state index contributed by atoms with van der Waals surface area (Å²) in [6.07, 6.45) is 5.60. The number of alkyl carbamates (subject to hydrolysis) is 1. The first-order valence-electron chi connectivity index (χ1n) is 9.70. The lowest BCUT2D eigenvalue weighted by atomic mass is 10.1. The molecule has 0 radical (unpaired) electrons. The van der Waals surface area contributed by atoms with Gasteiger partial charge in [-0.2, -0.15) is 0 Å². The van der Waals surface area contributed by atoms with Gasteiger partial charge in [0.2, 0.25) is 5.91 Å². The zero-order chi connectivity index (χ0) is 21.5. The summed E-state index contributed by atoms with van der Waals surface area (Å²) in [6.45, 7) is 2.98. The lowest BCUT2D eigenvalue weighted by molar-refractivity contribution is -0.142. The van der Waals surface area contributed by atoms with Gasteiger partial charge in [-0.15, -0.1) is 6.58 Å². The first kappa shape index (κ1) is 24.2. The molecule has 0 saturated carbocycles. The fourth-order valence-corrected chi connectivity index (χ4v) is 2.62. The van der Waals surface area contributed by atoms with E-state index in [1.165, 1.54) is 0 Å². The lowest BCUT2D eigenvalue weighted by Crippen LogP contribution is -2.53. The maximum atomic E-state index is 12.3. The molecule has 29 heavy (non-hydrogen) atoms. The van der Waals surface area contributed by atoms with E-state index in [-0.39, 0.29) is 13.0 Å². The van der Waals surface area contributed by atoms with Crippen molar-refractivity contribution in [1.82, 2.24) is 10.6 Å². The molecule has 0 aliphatic heterocycles. The van der Waals surface area contributed by atoms with Gasteiger partial charge < -0.3 is 25.6 Å². The maximum Gasteiger partial charge on any atom is 0.408 e. The summed E-state index contributed by atoms with van der Waals surface area (Å²) >= 11 is 0. The van der Waals surface area contributed by atoms with E-state index in [2.05, 4.69) is 17.2 Å². The number of hydrogen-bond donors (Lipinski definition) is 4. The number of hydrogen-bond acceptors (Lipinski definition) is 5. The number of carboxylic acid groups (broad SMARTS) is 1. The minimum Gasteiger partial charge on any atom is -0.480 e. The zero-order valence-corrected chi connectivity index (χ0v) is 16.5. The molecule has 4 N–H and O–H groups in total. The molecule has 8 heteroatoms. The lowest BCUT2D eigenvalue weighted by Gasteiger charge is -2.20. The van der Waals surface area contributed by atoms with Crippen molar-refractivity contribution in [2.24, 2.45) is 0 Å². The van der Waals surface area contributed by atoms with Gasteiger partial charge >= 0.3 is 12.1 Å². The Morgan fingerprint density at radius 3 is 2.34 bits per heavy atom. The second kappa shape index (κ2) is 14.2. The number of nitrogens with one attached hydrogen (secondary N) is 2. The van der Waals surface area contributed by atoms with Crippen LogP contribution >= 0.6 is 0 Å². The van der Waals surface area contributed by atoms with Crippen LogP contribution in [0.5, 0.6) is 0 Å². The van der Waals surface area contributed by atoms with Gasteiger partial charge in [-0.05, 0) is 24.8 Å². The molecule has 0 fully saturated rings. The van der Waals surface area contributed by atoms with E-state index in [4.69, 9.17) is 4.74 Å². The molecule has 0 heterocycles. The van der Waals surface area contributed by atoms with Crippen molar-refractivity contribution in [1.29, 1.82) is 0 Å². The number of carbonyl (C=O) groups is 3. The van der Waals surface area contributed by atoms with Gasteiger partial charge in [-0.3, -0.25) is 4.79 Å². The second-order valence-electron chi connectivity index (χ2n) is 6.62. The molecular formula is C21H30N2O6. The fourth-order valence-electron chi connectivity index (χ4n) is 2.62. The zero-order valence-electron chi connectivity index (χ0n) is 16.5. The first-order chi connectivity index (χ1) is 14.0. The summed E-state index contributed by atoms with van der Waals surface area (Å²) in [5.41, 5.74) is 0.770. The average Bonchev–Trinajstić information content (AvgIpc) is 2.72. The van der Waals surface area contributed by atoms with Crippen LogP contribution in [-0.2, 0) is 20.9 Å². The van der Waals surface area contributed by atoms with Crippen molar-refractivity contribution < 1.29 is 29.3 Å². The van der Waals surface area contributed by atoms with E-state index in [0.29, 0.717) is 6.42 Å². The number of aliphatic hydroxyl groups is 1. The van der Waals surface area contributed by atoms with E-state index < -0.39 is 36.7 Å². The summed E-state index contributed by atoms with van der Waals surface area (Å²) in [5, 5.41) is 23.3. The van der Waals surface area contributed by atoms with Crippen LogP contribution < -0.4 is 10.6 Å². The number of allylic oxidation sites excluding steroid dienone is 1. The topological polar surface area (TPSA) is 125 Å². The van der Waals surface area contributed by atoms with Crippen molar-refractivity contribution >= 4 is 18.0 Å². The average molecular weight is 406 g/mol. The fraction of sp³-hybridized carbons (Fsp3) is 0.476. The quantitative estimate of drug-likeness (QED) is 0.278. The minimum absolute atomic E-state index is 0.00997. The van der Waals surface area contributed by atoms with Gasteiger partial charge in [-0.1, -0.05) is 55.7 Å². The van der Waals surface area contributed by atoms with Crippen molar-refractivity contribution in [3.8, 4) is 0 Å². The van der Waals surface area contributed by atoms with Crippen LogP contribution in [-0.4, -0.2) is 46.9 Å². The normalized spacial score (nSPS) is 12.4. The number of benzene rings is 1. The van der Waals surface area contributed by atoms with Gasteiger partial charge in [0, 0.05) is 0 Å². The number of carbonyl (C=O) groups excluding carboxylic acids is 2. The highest BCUT2D eigenvalue weighted by Gasteiger charge is 2.26. The van der Waals surface area contributed by atoms with Gasteiger partial charge in [0.15, 0.2) is 0 Å². The highest BCUT2D eigenvalue weighted by Crippen LogP contribution is 2.08. The van der Waals surface area contributed by atoms with Crippen molar-refractivity contribution in [3.05, 3.63) is 48.6 Å². The number of amides is 2. The molecular weight excluding hydrogens is 376 g/mol. The number of aliphatic carboxylic acids is 1. The molecule has 1 rings (SSSR count). The summed E-state index contributed by atoms with van der Waals surface area (Å²) in [6, 6.07) is 6.59. The summed E-state index contributed by atoms with van der Waals surface area (Å²) < 4.78 is 5.01. The number of carboxylic acids is 1. The molecule has 0 unspecified atom stereocenters. The Bertz CT molecular complexity index is 650. The molecule has 0 spiro atoms. The predicted molar refractivity (Wildman–Crippen MR) is 108 cm³/mol. The first-order valence-corrected chi connectivity index (χ1v) is 9.70. The SMILES string of the molecule is C=CCCCCCC[C@H](NC(=O)[C@H](CO)NC(=O)OCc1ccccc1)C(=O)O. The molecule has 0 aromatic heterocycles. The molecule has 8 nitrogen and oxygen atoms in total. The van der Waals surface area contributed by atoms with Crippen LogP contribution in [0.25, 0.3) is 0 Å². The highest BCUT2D eigenvalue weighted by atomic mass is 16.5. The number of rotatable bonds is 14. The van der Waals surface area contributed by atoms with E-state index in [1.54, 1.807) is 24.3 Å². The third kappa shape index (κ3) is 10.3. The van der Waals surface area contributed by atoms with Crippen LogP contribution in [0.4, 0.5) is 4.79 Å². The van der Waals surface area contributed by atoms with E-state index in [0.717, 1.165) is 31.2 Å². The molecule has 1 aromatic rings. The Labute approximate surface area is 171 Å². The monoisotopic (exact) mass is 406 g/mol. The van der Waals surface area contributed by atoms with Gasteiger partial charge in [0.05, 0.1) is 6.61 Å². The molecule has 0 aliphatic carbocycles. The summed E-state index contributed by atoms with van der Waals surface area (Å²) in [4.78, 5) is 35.5. The van der Waals surface area contributed by atoms with Crippen LogP contribution in [0.1, 0.15) is 44.1 Å². The maximum absolute atomic E-state index is 12.3. The molecule has 0 aliphatic rings. The standard InChI is InChI=1S/C21H30N2O6/c1-2-3-4-5-6-10-13-17(20(26)27)22-19(25)18(14-24)23-21(28)29-15-16-11-8-7-9-12-16/h2,7-9,11-12,17-18,24H,1,3-6,10,13-15H2,(H,22,25)(H,23,28)(H,26,27)/t17-,18-/m0/s1. The molecule has 2 amide bonds. The van der Waals surface area contributed by atoms with E-state index >= 15 is 0 Å². The minimum atomic E-state index is -1.30. The Morgan fingerprint density at radius 2 is 1.72 bits per heavy atom. The summed E-state index contributed by atoms with van der Waals surface area (Å²) in [7, 11) is 0. The van der Waals surface area contributed by atoms with E-state index in [9.17, 15) is 24.6 Å². The molecule has 1 aromatic carbocycles. The summed E-state index contributed by atoms with van der Waals surface area (Å²) in [5.74, 6) is -1.93. The van der Waals surface area contributed by atoms with Crippen LogP contribution in [0, 0.1) is 0 Å². The Morgan fingerprint density at radius 1 is 1.03 bits per heavy atom. The molecule has 0 bridgehead atoms. The van der Waals surface area contributed by atoms with E-state index in [1.807, 2.05) is 12.1 Å². The van der Waals surface area contributed by atoms with Gasteiger partial charge in [0.25, 0.3) is 0 Å². The molecule has 0 saturated heterocycles. The van der Waals surface area contributed by atoms with Crippen molar-refractivity contribution in [2.45, 2.75) is 57.2 Å². The third-order valence-electron chi connectivity index (χ3n) is 4.27. The second-order valence-corrected chi connectivity index (χ2v) is 6.62. The molecule has 160 valence electrons. The predicted octanol–water partition coefficient (Wildman–Crippen LogP) is 2.37. The number of unbranched alkanes of at least 4 members (excludes halogenated alkanes) is 4.